The molecule has 210 valence electrons. The van der Waals surface area contributed by atoms with Crippen molar-refractivity contribution in [3.05, 3.63) is 140 Å². The zero-order chi connectivity index (χ0) is 29.7. The summed E-state index contributed by atoms with van der Waals surface area (Å²) in [5.74, 6) is 3.04. The number of pyridine rings is 4. The van der Waals surface area contributed by atoms with Gasteiger partial charge < -0.3 is 9.47 Å². The molecule has 9 rings (SSSR count). The van der Waals surface area contributed by atoms with Crippen molar-refractivity contribution in [2.24, 2.45) is 0 Å². The fourth-order valence-corrected chi connectivity index (χ4v) is 6.38. The molecule has 0 saturated heterocycles. The number of aromatic nitrogens is 4. The Morgan fingerprint density at radius 2 is 0.844 bits per heavy atom. The van der Waals surface area contributed by atoms with Crippen LogP contribution in [0.15, 0.2) is 140 Å². The Bertz CT molecular complexity index is 2060. The summed E-state index contributed by atoms with van der Waals surface area (Å²) >= 11 is 0. The Morgan fingerprint density at radius 1 is 0.422 bits per heavy atom. The van der Waals surface area contributed by atoms with Crippen LogP contribution in [0.2, 0.25) is 0 Å². The van der Waals surface area contributed by atoms with Crippen LogP contribution in [0, 0.1) is 0 Å². The molecule has 6 heterocycles. The van der Waals surface area contributed by atoms with Gasteiger partial charge in [-0.2, -0.15) is 0 Å². The van der Waals surface area contributed by atoms with Crippen LogP contribution in [0.25, 0.3) is 45.0 Å². The zero-order valence-corrected chi connectivity index (χ0v) is 24.0. The molecule has 2 aliphatic heterocycles. The first-order valence-electron chi connectivity index (χ1n) is 14.8. The average molecular weight is 578 g/mol. The Hall–Kier alpha value is -6.08. The smallest absolute Gasteiger partial charge is 0.260 e. The van der Waals surface area contributed by atoms with Crippen LogP contribution in [0.5, 0.6) is 23.0 Å². The van der Waals surface area contributed by atoms with Gasteiger partial charge in [0.15, 0.2) is 0 Å². The van der Waals surface area contributed by atoms with E-state index >= 15 is 0 Å². The van der Waals surface area contributed by atoms with E-state index in [2.05, 4.69) is 52.4 Å². The molecule has 6 nitrogen and oxygen atoms in total. The van der Waals surface area contributed by atoms with Crippen LogP contribution < -0.4 is 25.9 Å². The predicted octanol–water partition coefficient (Wildman–Crippen LogP) is 6.66. The molecule has 0 N–H and O–H groups in total. The molecular weight excluding hydrogens is 555 g/mol. The molecule has 0 radical (unpaired) electrons. The third-order valence-electron chi connectivity index (χ3n) is 8.43. The van der Waals surface area contributed by atoms with E-state index in [4.69, 9.17) is 19.4 Å². The molecule has 0 atom stereocenters. The van der Waals surface area contributed by atoms with E-state index in [1.165, 1.54) is 0 Å². The SMILES string of the molecule is c1ccc(-c2ccc3c(c2)Oc2c(-c4ccccn4)cc(-c4ccccn4)c4c2B3c2ccc(-c3ccccn3)cc2O4)nc1. The van der Waals surface area contributed by atoms with Gasteiger partial charge in [0.1, 0.15) is 23.0 Å². The molecule has 7 aromatic rings. The van der Waals surface area contributed by atoms with E-state index in [1.54, 1.807) is 12.4 Å². The summed E-state index contributed by atoms with van der Waals surface area (Å²) < 4.78 is 13.8. The second kappa shape index (κ2) is 10.3. The van der Waals surface area contributed by atoms with Gasteiger partial charge in [0.05, 0.1) is 22.8 Å². The number of hydrogen-bond donors (Lipinski definition) is 0. The molecule has 3 aromatic carbocycles. The van der Waals surface area contributed by atoms with Gasteiger partial charge >= 0.3 is 0 Å². The molecule has 0 unspecified atom stereocenters. The lowest BCUT2D eigenvalue weighted by Crippen LogP contribution is -2.57. The molecule has 0 fully saturated rings. The third kappa shape index (κ3) is 4.20. The van der Waals surface area contributed by atoms with E-state index in [9.17, 15) is 0 Å². The van der Waals surface area contributed by atoms with Crippen LogP contribution in [0.4, 0.5) is 0 Å². The summed E-state index contributed by atoms with van der Waals surface area (Å²) in [4.78, 5) is 18.7. The highest BCUT2D eigenvalue weighted by Crippen LogP contribution is 2.46. The fourth-order valence-electron chi connectivity index (χ4n) is 6.38. The summed E-state index contributed by atoms with van der Waals surface area (Å²) in [6, 6.07) is 38.5. The van der Waals surface area contributed by atoms with Crippen LogP contribution in [0.1, 0.15) is 0 Å². The van der Waals surface area contributed by atoms with Gasteiger partial charge in [-0.1, -0.05) is 48.5 Å². The Morgan fingerprint density at radius 3 is 1.24 bits per heavy atom. The number of hydrogen-bond acceptors (Lipinski definition) is 6. The number of nitrogens with zero attached hydrogens (tertiary/aromatic N) is 4. The van der Waals surface area contributed by atoms with Gasteiger partial charge in [-0.3, -0.25) is 19.9 Å². The second-order valence-electron chi connectivity index (χ2n) is 11.0. The maximum Gasteiger partial charge on any atom is 0.260 e. The highest BCUT2D eigenvalue weighted by atomic mass is 16.5. The lowest BCUT2D eigenvalue weighted by Gasteiger charge is -2.35. The molecule has 4 aromatic heterocycles. The number of benzene rings is 3. The standard InChI is InChI=1S/C38H23BN4O2/c1-5-17-40-30(9-1)24-13-15-28-34(21-24)44-37-26(32-11-3-7-19-42-32)23-27(33-12-4-8-20-43-33)38-36(37)39(28)29-16-14-25(22-35(29)45-38)31-10-2-6-18-41-31/h1-23H. The van der Waals surface area contributed by atoms with E-state index in [-0.39, 0.29) is 6.71 Å². The molecular formula is C38H23BN4O2. The van der Waals surface area contributed by atoms with Crippen LogP contribution in [-0.2, 0) is 0 Å². The van der Waals surface area contributed by atoms with Crippen molar-refractivity contribution < 1.29 is 9.47 Å². The quantitative estimate of drug-likeness (QED) is 0.218. The molecule has 0 bridgehead atoms. The van der Waals surface area contributed by atoms with Crippen LogP contribution in [-0.4, -0.2) is 26.6 Å². The minimum Gasteiger partial charge on any atom is -0.458 e. The third-order valence-corrected chi connectivity index (χ3v) is 8.43. The Labute approximate surface area is 260 Å². The number of ether oxygens (including phenoxy) is 2. The Kier molecular flexibility index (Phi) is 5.81. The summed E-state index contributed by atoms with van der Waals surface area (Å²) in [5.41, 5.74) is 10.2. The second-order valence-corrected chi connectivity index (χ2v) is 11.0. The summed E-state index contributed by atoms with van der Waals surface area (Å²) in [6.07, 6.45) is 7.23. The van der Waals surface area contributed by atoms with E-state index in [0.29, 0.717) is 0 Å². The first-order valence-corrected chi connectivity index (χ1v) is 14.8. The van der Waals surface area contributed by atoms with Gasteiger partial charge in [0.25, 0.3) is 6.71 Å². The minimum absolute atomic E-state index is 0.149. The average Bonchev–Trinajstić information content (AvgIpc) is 3.12. The van der Waals surface area contributed by atoms with Crippen molar-refractivity contribution >= 4 is 23.1 Å². The topological polar surface area (TPSA) is 70.0 Å². The van der Waals surface area contributed by atoms with Gasteiger partial charge in [0, 0.05) is 52.5 Å². The van der Waals surface area contributed by atoms with Crippen LogP contribution in [0.3, 0.4) is 0 Å². The molecule has 7 heteroatoms. The van der Waals surface area contributed by atoms with Crippen molar-refractivity contribution in [1.82, 2.24) is 19.9 Å². The van der Waals surface area contributed by atoms with Crippen molar-refractivity contribution in [1.29, 1.82) is 0 Å². The number of fused-ring (bicyclic) bond motifs is 4. The summed E-state index contributed by atoms with van der Waals surface area (Å²) in [6.45, 7) is -0.149. The maximum atomic E-state index is 6.89. The van der Waals surface area contributed by atoms with Crippen molar-refractivity contribution in [3.63, 3.8) is 0 Å². The molecule has 0 aliphatic carbocycles. The van der Waals surface area contributed by atoms with Crippen molar-refractivity contribution in [3.8, 4) is 68.0 Å². The van der Waals surface area contributed by atoms with Gasteiger partial charge in [0.2, 0.25) is 0 Å². The molecule has 0 saturated carbocycles. The molecule has 2 aliphatic rings. The maximum absolute atomic E-state index is 6.89. The first kappa shape index (κ1) is 25.4. The zero-order valence-electron chi connectivity index (χ0n) is 24.0. The van der Waals surface area contributed by atoms with E-state index < -0.39 is 0 Å². The highest BCUT2D eigenvalue weighted by Gasteiger charge is 2.43. The summed E-state index contributed by atoms with van der Waals surface area (Å²) in [5, 5.41) is 0. The minimum atomic E-state index is -0.149. The normalized spacial score (nSPS) is 12.3. The highest BCUT2D eigenvalue weighted by molar-refractivity contribution is 6.98. The lowest BCUT2D eigenvalue weighted by atomic mass is 9.34. The van der Waals surface area contributed by atoms with Gasteiger partial charge in [-0.05, 0) is 77.7 Å². The first-order chi connectivity index (χ1) is 22.3. The van der Waals surface area contributed by atoms with Gasteiger partial charge in [-0.15, -0.1) is 0 Å². The molecule has 0 amide bonds. The molecule has 45 heavy (non-hydrogen) atoms. The Balaban J connectivity index is 1.33. The summed E-state index contributed by atoms with van der Waals surface area (Å²) in [7, 11) is 0. The number of rotatable bonds is 4. The fraction of sp³-hybridized carbons (Fsp3) is 0. The lowest BCUT2D eigenvalue weighted by molar-refractivity contribution is 0.466. The van der Waals surface area contributed by atoms with Crippen molar-refractivity contribution in [2.45, 2.75) is 0 Å². The molecule has 0 spiro atoms. The van der Waals surface area contributed by atoms with Gasteiger partial charge in [-0.25, -0.2) is 0 Å². The monoisotopic (exact) mass is 578 g/mol. The van der Waals surface area contributed by atoms with E-state index in [0.717, 1.165) is 84.4 Å². The van der Waals surface area contributed by atoms with Crippen LogP contribution >= 0.6 is 0 Å². The largest absolute Gasteiger partial charge is 0.458 e. The van der Waals surface area contributed by atoms with Crippen molar-refractivity contribution in [2.75, 3.05) is 0 Å². The van der Waals surface area contributed by atoms with E-state index in [1.807, 2.05) is 85.2 Å². The predicted molar refractivity (Wildman–Crippen MR) is 177 cm³/mol.